The van der Waals surface area contributed by atoms with Crippen LogP contribution in [-0.4, -0.2) is 46.0 Å². The molecule has 0 spiro atoms. The van der Waals surface area contributed by atoms with Crippen LogP contribution >= 0.6 is 11.8 Å². The second-order valence-corrected chi connectivity index (χ2v) is 4.12. The van der Waals surface area contributed by atoms with Crippen molar-refractivity contribution in [2.24, 2.45) is 0 Å². The lowest BCUT2D eigenvalue weighted by Crippen LogP contribution is -2.46. The van der Waals surface area contributed by atoms with Gasteiger partial charge in [0.2, 0.25) is 0 Å². The Kier molecular flexibility index (Phi) is 3.84. The van der Waals surface area contributed by atoms with Crippen molar-refractivity contribution in [3.05, 3.63) is 0 Å². The summed E-state index contributed by atoms with van der Waals surface area (Å²) in [6, 6.07) is -0.255. The van der Waals surface area contributed by atoms with E-state index >= 15 is 0 Å². The normalized spacial score (nSPS) is 21.4. The highest BCUT2D eigenvalue weighted by Gasteiger charge is 2.27. The molecule has 14 heavy (non-hydrogen) atoms. The monoisotopic (exact) mass is 213 g/mol. The van der Waals surface area contributed by atoms with Gasteiger partial charge >= 0.3 is 5.97 Å². The summed E-state index contributed by atoms with van der Waals surface area (Å²) < 4.78 is 0. The molecule has 1 aliphatic heterocycles. The third-order valence-corrected chi connectivity index (χ3v) is 3.11. The first-order valence-electron chi connectivity index (χ1n) is 4.22. The highest BCUT2D eigenvalue weighted by Crippen LogP contribution is 2.18. The summed E-state index contributed by atoms with van der Waals surface area (Å²) >= 11 is 1.65. The maximum Gasteiger partial charge on any atom is 0.305 e. The molecule has 1 rings (SSSR count). The standard InChI is InChI=1S/C9H11NO3S/c1-2-8(11)10-3-4-14-6-7(10)5-9(12)13/h1,7H,3-6H2,(H,12,13). The van der Waals surface area contributed by atoms with E-state index in [2.05, 4.69) is 0 Å². The van der Waals surface area contributed by atoms with Crippen LogP contribution in [0.15, 0.2) is 0 Å². The fourth-order valence-electron chi connectivity index (χ4n) is 1.38. The third-order valence-electron chi connectivity index (χ3n) is 2.02. The van der Waals surface area contributed by atoms with Gasteiger partial charge in [0.05, 0.1) is 12.5 Å². The molecule has 5 heteroatoms. The molecule has 1 saturated heterocycles. The summed E-state index contributed by atoms with van der Waals surface area (Å²) in [5.41, 5.74) is 0. The molecule has 0 saturated carbocycles. The number of thioether (sulfide) groups is 1. The van der Waals surface area contributed by atoms with Gasteiger partial charge in [0.1, 0.15) is 0 Å². The van der Waals surface area contributed by atoms with Gasteiger partial charge in [-0.2, -0.15) is 11.8 Å². The molecule has 0 radical (unpaired) electrons. The topological polar surface area (TPSA) is 57.6 Å². The lowest BCUT2D eigenvalue weighted by atomic mass is 10.2. The minimum atomic E-state index is -0.896. The molecular formula is C9H11NO3S. The molecule has 4 nitrogen and oxygen atoms in total. The Morgan fingerprint density at radius 3 is 2.93 bits per heavy atom. The molecule has 0 aromatic carbocycles. The second-order valence-electron chi connectivity index (χ2n) is 2.97. The Morgan fingerprint density at radius 1 is 1.64 bits per heavy atom. The smallest absolute Gasteiger partial charge is 0.305 e. The van der Waals surface area contributed by atoms with Crippen LogP contribution < -0.4 is 0 Å². The number of carbonyl (C=O) groups excluding carboxylic acids is 1. The van der Waals surface area contributed by atoms with E-state index in [0.717, 1.165) is 5.75 Å². The fraction of sp³-hybridized carbons (Fsp3) is 0.556. The predicted molar refractivity (Wildman–Crippen MR) is 53.9 cm³/mol. The summed E-state index contributed by atoms with van der Waals surface area (Å²) in [4.78, 5) is 23.2. The number of nitrogens with zero attached hydrogens (tertiary/aromatic N) is 1. The maximum absolute atomic E-state index is 11.2. The molecule has 1 heterocycles. The minimum Gasteiger partial charge on any atom is -0.481 e. The number of carboxylic acid groups (broad SMARTS) is 1. The number of carbonyl (C=O) groups is 2. The van der Waals surface area contributed by atoms with Crippen molar-refractivity contribution in [2.75, 3.05) is 18.1 Å². The number of aliphatic carboxylic acids is 1. The van der Waals surface area contributed by atoms with Crippen molar-refractivity contribution in [1.29, 1.82) is 0 Å². The number of rotatable bonds is 2. The Morgan fingerprint density at radius 2 is 2.36 bits per heavy atom. The summed E-state index contributed by atoms with van der Waals surface area (Å²) in [6.07, 6.45) is 4.97. The molecule has 76 valence electrons. The first kappa shape index (κ1) is 10.9. The molecule has 1 N–H and O–H groups in total. The minimum absolute atomic E-state index is 0.0274. The van der Waals surface area contributed by atoms with Crippen LogP contribution in [-0.2, 0) is 9.59 Å². The zero-order valence-electron chi connectivity index (χ0n) is 7.60. The van der Waals surface area contributed by atoms with Crippen molar-refractivity contribution < 1.29 is 14.7 Å². The van der Waals surface area contributed by atoms with Crippen molar-refractivity contribution in [1.82, 2.24) is 4.90 Å². The van der Waals surface area contributed by atoms with E-state index in [9.17, 15) is 9.59 Å². The van der Waals surface area contributed by atoms with Crippen molar-refractivity contribution in [3.63, 3.8) is 0 Å². The van der Waals surface area contributed by atoms with Crippen LogP contribution in [0.5, 0.6) is 0 Å². The Hall–Kier alpha value is -1.15. The summed E-state index contributed by atoms with van der Waals surface area (Å²) in [5, 5.41) is 8.64. The molecule has 1 fully saturated rings. The molecule has 0 aromatic heterocycles. The quantitative estimate of drug-likeness (QED) is 0.658. The number of carboxylic acids is 1. The average molecular weight is 213 g/mol. The fourth-order valence-corrected chi connectivity index (χ4v) is 2.44. The lowest BCUT2D eigenvalue weighted by molar-refractivity contribution is -0.139. The highest BCUT2D eigenvalue weighted by atomic mass is 32.2. The Labute approximate surface area is 86.7 Å². The molecule has 0 bridgehead atoms. The highest BCUT2D eigenvalue weighted by molar-refractivity contribution is 7.99. The average Bonchev–Trinajstić information content (AvgIpc) is 2.16. The van der Waals surface area contributed by atoms with Gasteiger partial charge in [-0.25, -0.2) is 0 Å². The van der Waals surface area contributed by atoms with Crippen molar-refractivity contribution in [2.45, 2.75) is 12.5 Å². The van der Waals surface area contributed by atoms with Crippen LogP contribution in [0.25, 0.3) is 0 Å². The van der Waals surface area contributed by atoms with E-state index in [1.165, 1.54) is 4.90 Å². The van der Waals surface area contributed by atoms with Gasteiger partial charge in [-0.15, -0.1) is 6.42 Å². The van der Waals surface area contributed by atoms with Gasteiger partial charge in [-0.1, -0.05) is 0 Å². The summed E-state index contributed by atoms with van der Waals surface area (Å²) in [6.45, 7) is 0.547. The Bertz CT molecular complexity index is 284. The molecule has 1 amide bonds. The first-order chi connectivity index (χ1) is 6.65. The molecule has 1 unspecified atom stereocenters. The lowest BCUT2D eigenvalue weighted by Gasteiger charge is -2.33. The SMILES string of the molecule is C#CC(=O)N1CCSCC1CC(=O)O. The number of amides is 1. The number of hydrogen-bond acceptors (Lipinski definition) is 3. The van der Waals surface area contributed by atoms with Gasteiger partial charge in [-0.3, -0.25) is 9.59 Å². The van der Waals surface area contributed by atoms with Gasteiger partial charge < -0.3 is 10.0 Å². The van der Waals surface area contributed by atoms with E-state index in [-0.39, 0.29) is 12.5 Å². The zero-order valence-corrected chi connectivity index (χ0v) is 8.42. The van der Waals surface area contributed by atoms with Crippen LogP contribution in [0.4, 0.5) is 0 Å². The third kappa shape index (κ3) is 2.67. The van der Waals surface area contributed by atoms with E-state index in [1.807, 2.05) is 5.92 Å². The summed E-state index contributed by atoms with van der Waals surface area (Å²) in [5.74, 6) is 2.20. The van der Waals surface area contributed by atoms with Crippen molar-refractivity contribution in [3.8, 4) is 12.3 Å². The molecule has 1 atom stereocenters. The second kappa shape index (κ2) is 4.91. The van der Waals surface area contributed by atoms with Crippen molar-refractivity contribution >= 4 is 23.6 Å². The van der Waals surface area contributed by atoms with E-state index in [1.54, 1.807) is 11.8 Å². The molecule has 1 aliphatic rings. The molecular weight excluding hydrogens is 202 g/mol. The van der Waals surface area contributed by atoms with Gasteiger partial charge in [0.25, 0.3) is 5.91 Å². The number of terminal acetylenes is 1. The maximum atomic E-state index is 11.2. The largest absolute Gasteiger partial charge is 0.481 e. The van der Waals surface area contributed by atoms with E-state index in [4.69, 9.17) is 11.5 Å². The molecule has 0 aromatic rings. The zero-order chi connectivity index (χ0) is 10.6. The summed E-state index contributed by atoms with van der Waals surface area (Å²) in [7, 11) is 0. The van der Waals surface area contributed by atoms with Crippen LogP contribution in [0, 0.1) is 12.3 Å². The molecule has 0 aliphatic carbocycles. The van der Waals surface area contributed by atoms with Crippen LogP contribution in [0.3, 0.4) is 0 Å². The van der Waals surface area contributed by atoms with Crippen LogP contribution in [0.1, 0.15) is 6.42 Å². The number of hydrogen-bond donors (Lipinski definition) is 1. The van der Waals surface area contributed by atoms with Gasteiger partial charge in [0.15, 0.2) is 0 Å². The predicted octanol–water partition coefficient (Wildman–Crippen LogP) is 0.0383. The first-order valence-corrected chi connectivity index (χ1v) is 5.37. The van der Waals surface area contributed by atoms with Gasteiger partial charge in [0, 0.05) is 18.1 Å². The Balaban J connectivity index is 2.64. The van der Waals surface area contributed by atoms with E-state index in [0.29, 0.717) is 12.3 Å². The van der Waals surface area contributed by atoms with Crippen LogP contribution in [0.2, 0.25) is 0 Å². The van der Waals surface area contributed by atoms with E-state index < -0.39 is 11.9 Å². The van der Waals surface area contributed by atoms with Gasteiger partial charge in [-0.05, 0) is 5.92 Å².